The van der Waals surface area contributed by atoms with E-state index in [1.807, 2.05) is 18.2 Å². The van der Waals surface area contributed by atoms with Gasteiger partial charge < -0.3 is 4.98 Å². The maximum atomic E-state index is 5.52. The Morgan fingerprint density at radius 1 is 0.429 bits per heavy atom. The second-order valence-corrected chi connectivity index (χ2v) is 18.3. The molecule has 1 aliphatic rings. The van der Waals surface area contributed by atoms with Gasteiger partial charge in [-0.3, -0.25) is 4.90 Å². The highest BCUT2D eigenvalue weighted by molar-refractivity contribution is 6.15. The smallest absolute Gasteiger partial charge is 0.166 e. The molecule has 1 aliphatic heterocycles. The Morgan fingerprint density at radius 2 is 0.964 bits per heavy atom. The lowest BCUT2D eigenvalue weighted by molar-refractivity contribution is 0.590. The number of benzene rings is 5. The molecule has 0 unspecified atom stereocenters. The SMILES string of the molecule is CC(C)(C)c1cc2cc(c1)N(c1ccccc1)c1cccc(n1)-c1cc(C(C)(C)C)cc3c1[nH]c1c(cc(C(C)(C)C)cc13)-c1nc(-c3ccccc3)nc-2n1. The van der Waals surface area contributed by atoms with Crippen LogP contribution in [0.15, 0.2) is 121 Å². The van der Waals surface area contributed by atoms with Crippen molar-refractivity contribution in [2.75, 3.05) is 4.90 Å². The van der Waals surface area contributed by atoms with E-state index in [4.69, 9.17) is 19.9 Å². The van der Waals surface area contributed by atoms with Crippen LogP contribution in [0.25, 0.3) is 67.2 Å². The first-order valence-corrected chi connectivity index (χ1v) is 19.6. The summed E-state index contributed by atoms with van der Waals surface area (Å²) in [5, 5.41) is 2.30. The third kappa shape index (κ3) is 6.23. The molecule has 8 bridgehead atoms. The lowest BCUT2D eigenvalue weighted by Gasteiger charge is -2.28. The number of aromatic amines is 1. The maximum Gasteiger partial charge on any atom is 0.166 e. The lowest BCUT2D eigenvalue weighted by atomic mass is 9.83. The maximum absolute atomic E-state index is 5.52. The molecule has 6 nitrogen and oxygen atoms in total. The second kappa shape index (κ2) is 12.7. The van der Waals surface area contributed by atoms with E-state index in [1.165, 1.54) is 16.7 Å². The van der Waals surface area contributed by atoms with Gasteiger partial charge in [0.25, 0.3) is 0 Å². The minimum Gasteiger partial charge on any atom is -0.353 e. The molecule has 0 saturated heterocycles. The zero-order valence-electron chi connectivity index (χ0n) is 33.8. The zero-order chi connectivity index (χ0) is 39.1. The number of fused-ring (bicyclic) bond motifs is 10. The van der Waals surface area contributed by atoms with Crippen molar-refractivity contribution in [2.24, 2.45) is 0 Å². The van der Waals surface area contributed by atoms with Gasteiger partial charge in [0.2, 0.25) is 0 Å². The summed E-state index contributed by atoms with van der Waals surface area (Å²) in [5.74, 6) is 2.70. The Kier molecular flexibility index (Phi) is 8.07. The van der Waals surface area contributed by atoms with Crippen molar-refractivity contribution in [2.45, 2.75) is 78.6 Å². The Hall–Kier alpha value is -6.14. The second-order valence-electron chi connectivity index (χ2n) is 18.3. The number of anilines is 3. The van der Waals surface area contributed by atoms with Gasteiger partial charge in [0.1, 0.15) is 5.82 Å². The molecule has 0 fully saturated rings. The summed E-state index contributed by atoms with van der Waals surface area (Å²) >= 11 is 0. The van der Waals surface area contributed by atoms with Crippen LogP contribution < -0.4 is 4.90 Å². The number of hydrogen-bond acceptors (Lipinski definition) is 5. The van der Waals surface area contributed by atoms with Gasteiger partial charge in [-0.1, -0.05) is 117 Å². The molecule has 0 saturated carbocycles. The van der Waals surface area contributed by atoms with Crippen molar-refractivity contribution < 1.29 is 0 Å². The third-order valence-electron chi connectivity index (χ3n) is 11.0. The Balaban J connectivity index is 1.50. The standard InChI is InChI=1S/C50H48N6/c1-48(2,3)32-23-31-24-36(25-32)56(35-19-14-11-15-20-35)42-22-16-21-41(51-42)39-28-33(49(4,5)6)26-37-38-27-34(50(7,8)9)29-40(44(38)52-43(37)39)47-54-45(53-46(31)55-47)30-17-12-10-13-18-30/h10-29,52H,1-9H3. The van der Waals surface area contributed by atoms with Crippen LogP contribution in [0.4, 0.5) is 17.2 Å². The third-order valence-corrected chi connectivity index (χ3v) is 11.0. The first-order chi connectivity index (χ1) is 26.6. The van der Waals surface area contributed by atoms with Crippen LogP contribution >= 0.6 is 0 Å². The van der Waals surface area contributed by atoms with E-state index in [1.54, 1.807) is 0 Å². The number of para-hydroxylation sites is 1. The van der Waals surface area contributed by atoms with Crippen LogP contribution in [0.3, 0.4) is 0 Å². The fourth-order valence-corrected chi connectivity index (χ4v) is 7.68. The summed E-state index contributed by atoms with van der Waals surface area (Å²) in [5.41, 5.74) is 12.0. The van der Waals surface area contributed by atoms with E-state index >= 15 is 0 Å². The molecule has 6 heteroatoms. The van der Waals surface area contributed by atoms with Crippen molar-refractivity contribution in [1.82, 2.24) is 24.9 Å². The van der Waals surface area contributed by atoms with Gasteiger partial charge in [-0.2, -0.15) is 0 Å². The van der Waals surface area contributed by atoms with Gasteiger partial charge in [-0.05, 0) is 99.7 Å². The number of rotatable bonds is 2. The number of pyridine rings is 1. The molecular weight excluding hydrogens is 685 g/mol. The van der Waals surface area contributed by atoms with Crippen LogP contribution in [-0.2, 0) is 16.2 Å². The largest absolute Gasteiger partial charge is 0.353 e. The molecule has 4 heterocycles. The van der Waals surface area contributed by atoms with E-state index in [0.29, 0.717) is 17.5 Å². The first-order valence-electron chi connectivity index (χ1n) is 19.6. The molecular formula is C50H48N6. The highest BCUT2D eigenvalue weighted by Gasteiger charge is 2.27. The highest BCUT2D eigenvalue weighted by atomic mass is 15.2. The normalized spacial score (nSPS) is 13.1. The van der Waals surface area contributed by atoms with Crippen molar-refractivity contribution in [3.05, 3.63) is 138 Å². The van der Waals surface area contributed by atoms with E-state index in [2.05, 4.69) is 175 Å². The number of nitrogens with zero attached hydrogens (tertiary/aromatic N) is 5. The zero-order valence-corrected chi connectivity index (χ0v) is 33.8. The minimum atomic E-state index is -0.171. The van der Waals surface area contributed by atoms with Gasteiger partial charge >= 0.3 is 0 Å². The molecule has 0 spiro atoms. The predicted octanol–water partition coefficient (Wildman–Crippen LogP) is 13.2. The van der Waals surface area contributed by atoms with Gasteiger partial charge in [0.05, 0.1) is 16.7 Å². The molecule has 0 atom stereocenters. The van der Waals surface area contributed by atoms with Crippen LogP contribution in [0.1, 0.15) is 79.0 Å². The molecule has 5 aromatic carbocycles. The highest BCUT2D eigenvalue weighted by Crippen LogP contribution is 2.44. The number of H-pyrrole nitrogens is 1. The minimum absolute atomic E-state index is 0.108. The van der Waals surface area contributed by atoms with Gasteiger partial charge in [0, 0.05) is 44.4 Å². The van der Waals surface area contributed by atoms with Gasteiger partial charge in [-0.25, -0.2) is 19.9 Å². The molecule has 0 amide bonds. The van der Waals surface area contributed by atoms with Crippen LogP contribution in [0.2, 0.25) is 0 Å². The molecule has 278 valence electrons. The van der Waals surface area contributed by atoms with Crippen molar-refractivity contribution in [3.8, 4) is 45.4 Å². The van der Waals surface area contributed by atoms with E-state index in [0.717, 1.165) is 66.9 Å². The average Bonchev–Trinajstić information content (AvgIpc) is 3.55. The van der Waals surface area contributed by atoms with Crippen molar-refractivity contribution in [1.29, 1.82) is 0 Å². The molecule has 0 radical (unpaired) electrons. The molecule has 8 aromatic rings. The van der Waals surface area contributed by atoms with Gasteiger partial charge in [0.15, 0.2) is 17.5 Å². The van der Waals surface area contributed by atoms with E-state index in [-0.39, 0.29) is 16.2 Å². The quantitative estimate of drug-likeness (QED) is 0.192. The number of hydrogen-bond donors (Lipinski definition) is 1. The number of aromatic nitrogens is 5. The van der Waals surface area contributed by atoms with Crippen molar-refractivity contribution in [3.63, 3.8) is 0 Å². The van der Waals surface area contributed by atoms with Gasteiger partial charge in [-0.15, -0.1) is 0 Å². The number of nitrogens with one attached hydrogen (secondary N) is 1. The topological polar surface area (TPSA) is 70.6 Å². The summed E-state index contributed by atoms with van der Waals surface area (Å²) in [6, 6.07) is 43.2. The molecule has 3 aromatic heterocycles. The first kappa shape index (κ1) is 35.6. The van der Waals surface area contributed by atoms with Crippen LogP contribution in [0.5, 0.6) is 0 Å². The monoisotopic (exact) mass is 732 g/mol. The van der Waals surface area contributed by atoms with E-state index in [9.17, 15) is 0 Å². The Bertz CT molecular complexity index is 2800. The summed E-state index contributed by atoms with van der Waals surface area (Å²) in [6.07, 6.45) is 0. The molecule has 56 heavy (non-hydrogen) atoms. The average molecular weight is 733 g/mol. The summed E-state index contributed by atoms with van der Waals surface area (Å²) < 4.78 is 0. The molecule has 9 rings (SSSR count). The van der Waals surface area contributed by atoms with E-state index < -0.39 is 0 Å². The fraction of sp³-hybridized carbons (Fsp3) is 0.240. The lowest BCUT2D eigenvalue weighted by Crippen LogP contribution is -2.16. The Labute approximate surface area is 329 Å². The molecule has 0 aliphatic carbocycles. The summed E-state index contributed by atoms with van der Waals surface area (Å²) in [6.45, 7) is 20.4. The predicted molar refractivity (Wildman–Crippen MR) is 233 cm³/mol. The fourth-order valence-electron chi connectivity index (χ4n) is 7.68. The van der Waals surface area contributed by atoms with Crippen molar-refractivity contribution >= 4 is 39.0 Å². The van der Waals surface area contributed by atoms with Crippen LogP contribution in [0, 0.1) is 0 Å². The summed E-state index contributed by atoms with van der Waals surface area (Å²) in [4.78, 5) is 27.7. The summed E-state index contributed by atoms with van der Waals surface area (Å²) in [7, 11) is 0. The molecule has 1 N–H and O–H groups in total. The Morgan fingerprint density at radius 3 is 1.59 bits per heavy atom. The van der Waals surface area contributed by atoms with Crippen LogP contribution in [-0.4, -0.2) is 24.9 Å².